The molecule has 1 aromatic heterocycles. The fourth-order valence-corrected chi connectivity index (χ4v) is 3.39. The van der Waals surface area contributed by atoms with Crippen molar-refractivity contribution in [3.05, 3.63) is 78.4 Å². The third-order valence-corrected chi connectivity index (χ3v) is 4.86. The maximum Gasteiger partial charge on any atom is 0.233 e. The zero-order valence-electron chi connectivity index (χ0n) is 14.6. The SMILES string of the molecule is O=[C]c1ccc(N2CCN(Cc3cncn3-c3ccccc3)CC2)cc1. The molecule has 0 amide bonds. The molecule has 1 fully saturated rings. The highest BCUT2D eigenvalue weighted by Gasteiger charge is 2.18. The van der Waals surface area contributed by atoms with Crippen molar-refractivity contribution < 1.29 is 4.79 Å². The normalized spacial score (nSPS) is 15.2. The van der Waals surface area contributed by atoms with E-state index < -0.39 is 0 Å². The van der Waals surface area contributed by atoms with Crippen LogP contribution in [0.4, 0.5) is 5.69 Å². The smallest absolute Gasteiger partial charge is 0.233 e. The van der Waals surface area contributed by atoms with Gasteiger partial charge in [0.1, 0.15) is 0 Å². The average Bonchev–Trinajstić information content (AvgIpc) is 3.17. The van der Waals surface area contributed by atoms with E-state index in [0.29, 0.717) is 5.56 Å². The summed E-state index contributed by atoms with van der Waals surface area (Å²) >= 11 is 0. The number of piperazine rings is 1. The highest BCUT2D eigenvalue weighted by molar-refractivity contribution is 5.76. The van der Waals surface area contributed by atoms with E-state index in [1.165, 1.54) is 5.69 Å². The van der Waals surface area contributed by atoms with E-state index >= 15 is 0 Å². The van der Waals surface area contributed by atoms with Crippen LogP contribution in [0.25, 0.3) is 5.69 Å². The Labute approximate surface area is 153 Å². The minimum Gasteiger partial charge on any atom is -0.369 e. The summed E-state index contributed by atoms with van der Waals surface area (Å²) in [6.07, 6.45) is 5.76. The molecule has 1 aliphatic heterocycles. The van der Waals surface area contributed by atoms with Crippen LogP contribution in [0.15, 0.2) is 67.1 Å². The summed E-state index contributed by atoms with van der Waals surface area (Å²) in [5, 5.41) is 0. The lowest BCUT2D eigenvalue weighted by Gasteiger charge is -2.36. The van der Waals surface area contributed by atoms with Gasteiger partial charge in [0, 0.05) is 55.9 Å². The van der Waals surface area contributed by atoms with Crippen LogP contribution in [-0.2, 0) is 11.3 Å². The number of aromatic nitrogens is 2. The lowest BCUT2D eigenvalue weighted by molar-refractivity contribution is 0.246. The number of nitrogens with zero attached hydrogens (tertiary/aromatic N) is 4. The standard InChI is InChI=1S/C21H21N4O/c26-16-18-6-8-19(9-7-18)24-12-10-23(11-13-24)15-21-14-22-17-25(21)20-4-2-1-3-5-20/h1-9,14,17H,10-13,15H2. The predicted octanol–water partition coefficient (Wildman–Crippen LogP) is 2.65. The molecular weight excluding hydrogens is 324 g/mol. The Bertz CT molecular complexity index is 849. The maximum absolute atomic E-state index is 10.7. The van der Waals surface area contributed by atoms with Crippen LogP contribution in [-0.4, -0.2) is 46.9 Å². The molecule has 0 spiro atoms. The number of benzene rings is 2. The van der Waals surface area contributed by atoms with E-state index in [1.54, 1.807) is 0 Å². The van der Waals surface area contributed by atoms with Crippen LogP contribution in [0, 0.1) is 0 Å². The van der Waals surface area contributed by atoms with Gasteiger partial charge in [-0.3, -0.25) is 9.69 Å². The van der Waals surface area contributed by atoms with Gasteiger partial charge in [0.15, 0.2) is 0 Å². The highest BCUT2D eigenvalue weighted by Crippen LogP contribution is 2.19. The topological polar surface area (TPSA) is 41.4 Å². The molecule has 4 rings (SSSR count). The van der Waals surface area contributed by atoms with Crippen molar-refractivity contribution >= 4 is 12.0 Å². The Morgan fingerprint density at radius 3 is 2.31 bits per heavy atom. The zero-order chi connectivity index (χ0) is 17.8. The molecule has 2 heterocycles. The number of carbonyl (C=O) groups excluding carboxylic acids is 1. The molecule has 1 saturated heterocycles. The summed E-state index contributed by atoms with van der Waals surface area (Å²) < 4.78 is 2.15. The van der Waals surface area contributed by atoms with Crippen molar-refractivity contribution in [1.29, 1.82) is 0 Å². The van der Waals surface area contributed by atoms with E-state index in [-0.39, 0.29) is 0 Å². The van der Waals surface area contributed by atoms with Crippen molar-refractivity contribution in [3.63, 3.8) is 0 Å². The molecule has 0 unspecified atom stereocenters. The highest BCUT2D eigenvalue weighted by atomic mass is 16.1. The summed E-state index contributed by atoms with van der Waals surface area (Å²) in [7, 11) is 0. The van der Waals surface area contributed by atoms with E-state index in [0.717, 1.165) is 44.1 Å². The number of imidazole rings is 1. The van der Waals surface area contributed by atoms with Crippen molar-refractivity contribution in [2.75, 3.05) is 31.1 Å². The monoisotopic (exact) mass is 345 g/mol. The first-order valence-corrected chi connectivity index (χ1v) is 8.85. The fraction of sp³-hybridized carbons (Fsp3) is 0.238. The van der Waals surface area contributed by atoms with Gasteiger partial charge in [-0.2, -0.15) is 0 Å². The Balaban J connectivity index is 1.39. The maximum atomic E-state index is 10.7. The van der Waals surface area contributed by atoms with Crippen LogP contribution >= 0.6 is 0 Å². The van der Waals surface area contributed by atoms with Gasteiger partial charge < -0.3 is 9.47 Å². The second kappa shape index (κ2) is 7.54. The van der Waals surface area contributed by atoms with Gasteiger partial charge in [0.05, 0.1) is 12.0 Å². The first kappa shape index (κ1) is 16.5. The van der Waals surface area contributed by atoms with Crippen LogP contribution in [0.5, 0.6) is 0 Å². The summed E-state index contributed by atoms with van der Waals surface area (Å²) in [6, 6.07) is 18.0. The molecular formula is C21H21N4O. The fourth-order valence-electron chi connectivity index (χ4n) is 3.39. The quantitative estimate of drug-likeness (QED) is 0.713. The van der Waals surface area contributed by atoms with E-state index in [4.69, 9.17) is 0 Å². The lowest BCUT2D eigenvalue weighted by Crippen LogP contribution is -2.46. The molecule has 0 N–H and O–H groups in total. The third-order valence-electron chi connectivity index (χ3n) is 4.86. The molecule has 131 valence electrons. The van der Waals surface area contributed by atoms with Crippen molar-refractivity contribution in [3.8, 4) is 5.69 Å². The number of rotatable bonds is 5. The van der Waals surface area contributed by atoms with Crippen molar-refractivity contribution in [1.82, 2.24) is 14.5 Å². The van der Waals surface area contributed by atoms with Crippen molar-refractivity contribution in [2.24, 2.45) is 0 Å². The Morgan fingerprint density at radius 2 is 1.62 bits per heavy atom. The molecule has 1 radical (unpaired) electrons. The molecule has 0 bridgehead atoms. The molecule has 3 aromatic rings. The first-order chi connectivity index (χ1) is 12.8. The van der Waals surface area contributed by atoms with Gasteiger partial charge in [0.2, 0.25) is 6.29 Å². The summed E-state index contributed by atoms with van der Waals surface area (Å²) in [5.74, 6) is 0. The molecule has 0 aliphatic carbocycles. The largest absolute Gasteiger partial charge is 0.369 e. The summed E-state index contributed by atoms with van der Waals surface area (Å²) in [4.78, 5) is 19.8. The predicted molar refractivity (Wildman–Crippen MR) is 102 cm³/mol. The lowest BCUT2D eigenvalue weighted by atomic mass is 10.2. The molecule has 5 nitrogen and oxygen atoms in total. The van der Waals surface area contributed by atoms with Gasteiger partial charge in [0.25, 0.3) is 0 Å². The molecule has 5 heteroatoms. The van der Waals surface area contributed by atoms with E-state index in [1.807, 2.05) is 61.3 Å². The average molecular weight is 345 g/mol. The zero-order valence-corrected chi connectivity index (χ0v) is 14.6. The van der Waals surface area contributed by atoms with E-state index in [2.05, 4.69) is 31.5 Å². The van der Waals surface area contributed by atoms with E-state index in [9.17, 15) is 4.79 Å². The number of anilines is 1. The summed E-state index contributed by atoms with van der Waals surface area (Å²) in [5.41, 5.74) is 4.11. The van der Waals surface area contributed by atoms with Crippen molar-refractivity contribution in [2.45, 2.75) is 6.54 Å². The number of hydrogen-bond donors (Lipinski definition) is 0. The molecule has 26 heavy (non-hydrogen) atoms. The van der Waals surface area contributed by atoms with Crippen LogP contribution < -0.4 is 4.90 Å². The second-order valence-electron chi connectivity index (χ2n) is 6.50. The molecule has 0 saturated carbocycles. The van der Waals surface area contributed by atoms with Gasteiger partial charge in [-0.05, 0) is 36.4 Å². The Hall–Kier alpha value is -2.92. The summed E-state index contributed by atoms with van der Waals surface area (Å²) in [6.45, 7) is 4.85. The van der Waals surface area contributed by atoms with Crippen LogP contribution in [0.3, 0.4) is 0 Å². The van der Waals surface area contributed by atoms with Gasteiger partial charge in [-0.25, -0.2) is 4.98 Å². The van der Waals surface area contributed by atoms with Crippen LogP contribution in [0.2, 0.25) is 0 Å². The van der Waals surface area contributed by atoms with Gasteiger partial charge in [-0.15, -0.1) is 0 Å². The number of para-hydroxylation sites is 1. The minimum atomic E-state index is 0.599. The van der Waals surface area contributed by atoms with Gasteiger partial charge in [-0.1, -0.05) is 18.2 Å². The molecule has 2 aromatic carbocycles. The third kappa shape index (κ3) is 3.53. The Kier molecular flexibility index (Phi) is 4.80. The Morgan fingerprint density at radius 1 is 0.885 bits per heavy atom. The minimum absolute atomic E-state index is 0.599. The molecule has 1 aliphatic rings. The van der Waals surface area contributed by atoms with Gasteiger partial charge >= 0.3 is 0 Å². The number of hydrogen-bond acceptors (Lipinski definition) is 4. The van der Waals surface area contributed by atoms with Crippen LogP contribution in [0.1, 0.15) is 11.3 Å². The molecule has 0 atom stereocenters. The second-order valence-corrected chi connectivity index (χ2v) is 6.50. The first-order valence-electron chi connectivity index (χ1n) is 8.85.